The van der Waals surface area contributed by atoms with Crippen LogP contribution in [-0.4, -0.2) is 27.4 Å². The summed E-state index contributed by atoms with van der Waals surface area (Å²) in [5, 5.41) is 4.64. The fraction of sp³-hybridized carbons (Fsp3) is 0.200. The molecule has 0 aromatic heterocycles. The van der Waals surface area contributed by atoms with E-state index in [4.69, 9.17) is 18.9 Å². The highest BCUT2D eigenvalue weighted by molar-refractivity contribution is 6.06. The fourth-order valence-corrected chi connectivity index (χ4v) is 7.23. The second kappa shape index (κ2) is 10.5. The minimum absolute atomic E-state index is 0.638. The van der Waals surface area contributed by atoms with Gasteiger partial charge in [0.05, 0.1) is 13.2 Å². The minimum atomic E-state index is -0.998. The van der Waals surface area contributed by atoms with Crippen molar-refractivity contribution in [2.24, 2.45) is 0 Å². The van der Waals surface area contributed by atoms with E-state index in [9.17, 15) is 0 Å². The van der Waals surface area contributed by atoms with E-state index < -0.39 is 5.79 Å². The van der Waals surface area contributed by atoms with Gasteiger partial charge in [-0.15, -0.1) is 0 Å². The van der Waals surface area contributed by atoms with E-state index in [-0.39, 0.29) is 0 Å². The Labute approximate surface area is 257 Å². The van der Waals surface area contributed by atoms with Crippen LogP contribution in [-0.2, 0) is 15.3 Å². The molecule has 1 heterocycles. The molecule has 0 saturated heterocycles. The molecule has 1 aliphatic carbocycles. The highest BCUT2D eigenvalue weighted by atomic mass is 16.7. The third-order valence-electron chi connectivity index (χ3n) is 9.36. The van der Waals surface area contributed by atoms with Crippen LogP contribution in [0.1, 0.15) is 29.5 Å². The topological polar surface area (TPSA) is 36.9 Å². The van der Waals surface area contributed by atoms with Gasteiger partial charge in [0.1, 0.15) is 11.5 Å². The molecular formula is C40H34O4. The van der Waals surface area contributed by atoms with Crippen LogP contribution in [0.3, 0.4) is 0 Å². The van der Waals surface area contributed by atoms with Crippen LogP contribution in [0.5, 0.6) is 11.5 Å². The van der Waals surface area contributed by atoms with Crippen LogP contribution in [0, 0.1) is 6.92 Å². The summed E-state index contributed by atoms with van der Waals surface area (Å²) in [4.78, 5) is 0. The zero-order chi connectivity index (χ0) is 29.8. The van der Waals surface area contributed by atoms with Crippen molar-refractivity contribution < 1.29 is 18.9 Å². The monoisotopic (exact) mass is 578 g/mol. The standard InChI is InChI=1S/C40H34O4/c1-25-16-18-35-39-29(25)12-9-14-32(39)33-23-26(17-19-34(33)40(35,41-2)42-3)28-22-27-10-8-13-31-30-11-4-5-15-36(30)43-20-6-7-21-44-37(24-28)38(27)31/h4-5,8-19,22-24H,6-7,20-21H2,1-3H3. The Morgan fingerprint density at radius 1 is 0.568 bits per heavy atom. The number of fused-ring (bicyclic) bond motifs is 4. The Kier molecular flexibility index (Phi) is 6.44. The first-order chi connectivity index (χ1) is 21.6. The van der Waals surface area contributed by atoms with Crippen molar-refractivity contribution in [3.05, 3.63) is 120 Å². The van der Waals surface area contributed by atoms with Gasteiger partial charge >= 0.3 is 0 Å². The van der Waals surface area contributed by atoms with E-state index >= 15 is 0 Å². The van der Waals surface area contributed by atoms with Gasteiger partial charge in [-0.3, -0.25) is 0 Å². The summed E-state index contributed by atoms with van der Waals surface area (Å²) in [6.07, 6.45) is 1.86. The number of methoxy groups -OCH3 is 2. The zero-order valence-electron chi connectivity index (χ0n) is 25.3. The van der Waals surface area contributed by atoms with Gasteiger partial charge in [-0.1, -0.05) is 78.9 Å². The first-order valence-electron chi connectivity index (χ1n) is 15.3. The maximum Gasteiger partial charge on any atom is 0.223 e. The predicted molar refractivity (Wildman–Crippen MR) is 178 cm³/mol. The van der Waals surface area contributed by atoms with Gasteiger partial charge < -0.3 is 18.9 Å². The third kappa shape index (κ3) is 3.98. The lowest BCUT2D eigenvalue weighted by molar-refractivity contribution is -0.182. The summed E-state index contributed by atoms with van der Waals surface area (Å²) in [6, 6.07) is 36.7. The summed E-state index contributed by atoms with van der Waals surface area (Å²) in [5.74, 6) is 0.812. The van der Waals surface area contributed by atoms with Crippen molar-refractivity contribution in [2.45, 2.75) is 25.6 Å². The minimum Gasteiger partial charge on any atom is -0.493 e. The molecule has 8 rings (SSSR count). The normalized spacial score (nSPS) is 15.1. The van der Waals surface area contributed by atoms with Gasteiger partial charge in [0.2, 0.25) is 5.79 Å². The van der Waals surface area contributed by atoms with Crippen LogP contribution in [0.15, 0.2) is 103 Å². The molecule has 6 aromatic carbocycles. The number of benzene rings is 6. The van der Waals surface area contributed by atoms with Gasteiger partial charge in [0, 0.05) is 36.3 Å². The predicted octanol–water partition coefficient (Wildman–Crippen LogP) is 9.66. The molecule has 0 spiro atoms. The molecule has 0 bridgehead atoms. The molecular weight excluding hydrogens is 544 g/mol. The molecule has 4 heteroatoms. The van der Waals surface area contributed by atoms with Gasteiger partial charge in [-0.2, -0.15) is 0 Å². The third-order valence-corrected chi connectivity index (χ3v) is 9.36. The average Bonchev–Trinajstić information content (AvgIpc) is 3.10. The van der Waals surface area contributed by atoms with Crippen LogP contribution in [0.2, 0.25) is 0 Å². The van der Waals surface area contributed by atoms with Crippen LogP contribution in [0.4, 0.5) is 0 Å². The zero-order valence-corrected chi connectivity index (χ0v) is 25.3. The first kappa shape index (κ1) is 26.9. The molecule has 0 N–H and O–H groups in total. The molecule has 1 aliphatic heterocycles. The van der Waals surface area contributed by atoms with Gasteiger partial charge in [-0.25, -0.2) is 0 Å². The van der Waals surface area contributed by atoms with Crippen molar-refractivity contribution in [2.75, 3.05) is 27.4 Å². The maximum atomic E-state index is 6.56. The Balaban J connectivity index is 1.36. The molecule has 0 radical (unpaired) electrons. The molecule has 0 amide bonds. The molecule has 2 aliphatic rings. The second-order valence-electron chi connectivity index (χ2n) is 11.7. The number of hydrogen-bond donors (Lipinski definition) is 0. The quantitative estimate of drug-likeness (QED) is 0.196. The highest BCUT2D eigenvalue weighted by Gasteiger charge is 2.42. The summed E-state index contributed by atoms with van der Waals surface area (Å²) < 4.78 is 25.3. The van der Waals surface area contributed by atoms with Gasteiger partial charge in [0.15, 0.2) is 0 Å². The highest BCUT2D eigenvalue weighted by Crippen LogP contribution is 2.51. The molecule has 0 saturated carbocycles. The summed E-state index contributed by atoms with van der Waals surface area (Å²) in [7, 11) is 3.46. The maximum absolute atomic E-state index is 6.56. The van der Waals surface area contributed by atoms with E-state index in [1.807, 2.05) is 6.07 Å². The number of aryl methyl sites for hydroxylation is 1. The van der Waals surface area contributed by atoms with Crippen LogP contribution >= 0.6 is 0 Å². The van der Waals surface area contributed by atoms with Crippen molar-refractivity contribution in [1.82, 2.24) is 0 Å². The molecule has 0 fully saturated rings. The molecule has 44 heavy (non-hydrogen) atoms. The molecule has 4 nitrogen and oxygen atoms in total. The smallest absolute Gasteiger partial charge is 0.223 e. The second-order valence-corrected chi connectivity index (χ2v) is 11.7. The number of ether oxygens (including phenoxy) is 4. The SMILES string of the molecule is COC1(OC)c2ccc(-c3cc4c5c(cccc5c3)-c3ccccc3OCCCCO4)cc2-c2cccc3c(C)ccc1c23. The Hall–Kier alpha value is -4.64. The summed E-state index contributed by atoms with van der Waals surface area (Å²) in [5.41, 5.74) is 10.0. The first-order valence-corrected chi connectivity index (χ1v) is 15.3. The van der Waals surface area contributed by atoms with E-state index in [1.54, 1.807) is 14.2 Å². The largest absolute Gasteiger partial charge is 0.493 e. The van der Waals surface area contributed by atoms with Crippen molar-refractivity contribution in [1.29, 1.82) is 0 Å². The lowest BCUT2D eigenvalue weighted by Crippen LogP contribution is -2.35. The van der Waals surface area contributed by atoms with E-state index in [2.05, 4.69) is 104 Å². The van der Waals surface area contributed by atoms with Crippen molar-refractivity contribution in [3.8, 4) is 44.9 Å². The number of hydrogen-bond acceptors (Lipinski definition) is 4. The van der Waals surface area contributed by atoms with Crippen molar-refractivity contribution in [3.63, 3.8) is 0 Å². The fourth-order valence-electron chi connectivity index (χ4n) is 7.23. The molecule has 0 unspecified atom stereocenters. The Morgan fingerprint density at radius 3 is 2.09 bits per heavy atom. The van der Waals surface area contributed by atoms with Gasteiger partial charge in [-0.05, 0) is 93.6 Å². The van der Waals surface area contributed by atoms with Crippen molar-refractivity contribution >= 4 is 21.5 Å². The lowest BCUT2D eigenvalue weighted by atomic mass is 9.77. The number of rotatable bonds is 3. The average molecular weight is 579 g/mol. The molecule has 0 atom stereocenters. The van der Waals surface area contributed by atoms with Crippen LogP contribution < -0.4 is 9.47 Å². The Bertz CT molecular complexity index is 2070. The Morgan fingerprint density at radius 2 is 1.27 bits per heavy atom. The summed E-state index contributed by atoms with van der Waals surface area (Å²) in [6.45, 7) is 3.47. The lowest BCUT2D eigenvalue weighted by Gasteiger charge is -2.38. The number of para-hydroxylation sites is 1. The van der Waals surface area contributed by atoms with E-state index in [0.717, 1.165) is 74.1 Å². The van der Waals surface area contributed by atoms with Gasteiger partial charge in [0.25, 0.3) is 0 Å². The van der Waals surface area contributed by atoms with E-state index in [0.29, 0.717) is 13.2 Å². The molecule has 6 aromatic rings. The van der Waals surface area contributed by atoms with E-state index in [1.165, 1.54) is 21.9 Å². The van der Waals surface area contributed by atoms with Crippen LogP contribution in [0.25, 0.3) is 54.9 Å². The summed E-state index contributed by atoms with van der Waals surface area (Å²) >= 11 is 0. The molecule has 218 valence electrons.